The summed E-state index contributed by atoms with van der Waals surface area (Å²) in [6, 6.07) is 7.13. The average Bonchev–Trinajstić information content (AvgIpc) is 2.36. The van der Waals surface area contributed by atoms with Crippen LogP contribution in [0.4, 0.5) is 0 Å². The van der Waals surface area contributed by atoms with E-state index >= 15 is 0 Å². The molecule has 0 aliphatic heterocycles. The molecule has 0 aromatic heterocycles. The summed E-state index contributed by atoms with van der Waals surface area (Å²) in [4.78, 5) is 0.106. The van der Waals surface area contributed by atoms with Gasteiger partial charge in [0.05, 0.1) is 9.79 Å². The number of hydrogen-bond donors (Lipinski definition) is 2. The van der Waals surface area contributed by atoms with Crippen molar-refractivity contribution in [2.24, 2.45) is 0 Å². The van der Waals surface area contributed by atoms with Crippen molar-refractivity contribution >= 4 is 9.84 Å². The van der Waals surface area contributed by atoms with Crippen LogP contribution in [-0.4, -0.2) is 18.6 Å². The second-order valence-electron chi connectivity index (χ2n) is 4.79. The summed E-state index contributed by atoms with van der Waals surface area (Å²) in [5, 5.41) is 19.3. The molecule has 0 spiro atoms. The van der Waals surface area contributed by atoms with Gasteiger partial charge in [0.15, 0.2) is 0 Å². The van der Waals surface area contributed by atoms with Gasteiger partial charge in [0.2, 0.25) is 9.84 Å². The minimum Gasteiger partial charge on any atom is -0.508 e. The third-order valence-corrected chi connectivity index (χ3v) is 5.46. The van der Waals surface area contributed by atoms with E-state index in [0.29, 0.717) is 16.7 Å². The van der Waals surface area contributed by atoms with Crippen molar-refractivity contribution in [1.29, 1.82) is 0 Å². The molecule has 2 rings (SSSR count). The first kappa shape index (κ1) is 14.4. The van der Waals surface area contributed by atoms with Crippen molar-refractivity contribution in [3.8, 4) is 11.5 Å². The topological polar surface area (TPSA) is 74.6 Å². The van der Waals surface area contributed by atoms with Gasteiger partial charge in [-0.25, -0.2) is 8.42 Å². The van der Waals surface area contributed by atoms with Crippen molar-refractivity contribution in [3.05, 3.63) is 47.0 Å². The summed E-state index contributed by atoms with van der Waals surface area (Å²) >= 11 is 0. The van der Waals surface area contributed by atoms with Gasteiger partial charge in [-0.3, -0.25) is 0 Å². The molecule has 0 radical (unpaired) electrons. The van der Waals surface area contributed by atoms with Crippen LogP contribution in [0.15, 0.2) is 40.1 Å². The molecule has 0 aliphatic rings. The van der Waals surface area contributed by atoms with Crippen molar-refractivity contribution < 1.29 is 18.6 Å². The second-order valence-corrected chi connectivity index (χ2v) is 6.68. The van der Waals surface area contributed by atoms with Gasteiger partial charge >= 0.3 is 0 Å². The van der Waals surface area contributed by atoms with E-state index in [1.807, 2.05) is 0 Å². The normalized spacial score (nSPS) is 11.6. The molecule has 2 aromatic rings. The van der Waals surface area contributed by atoms with E-state index in [1.54, 1.807) is 20.8 Å². The standard InChI is InChI=1S/C15H16O4S/c1-9-7-12(16)8-15(10(9)2)20(18,19)14-6-4-5-13(17)11(14)3/h4-8,16-17H,1-3H3. The highest BCUT2D eigenvalue weighted by Gasteiger charge is 2.24. The van der Waals surface area contributed by atoms with Crippen LogP contribution >= 0.6 is 0 Å². The number of aryl methyl sites for hydroxylation is 1. The molecule has 106 valence electrons. The number of phenols is 2. The third-order valence-electron chi connectivity index (χ3n) is 3.44. The van der Waals surface area contributed by atoms with Gasteiger partial charge in [-0.2, -0.15) is 0 Å². The smallest absolute Gasteiger partial charge is 0.207 e. The molecule has 0 saturated heterocycles. The Morgan fingerprint density at radius 2 is 1.55 bits per heavy atom. The van der Waals surface area contributed by atoms with Crippen LogP contribution < -0.4 is 0 Å². The van der Waals surface area contributed by atoms with E-state index in [4.69, 9.17) is 0 Å². The van der Waals surface area contributed by atoms with E-state index in [0.717, 1.165) is 0 Å². The van der Waals surface area contributed by atoms with Crippen molar-refractivity contribution in [2.75, 3.05) is 0 Å². The molecule has 2 N–H and O–H groups in total. The van der Waals surface area contributed by atoms with Crippen LogP contribution in [0.1, 0.15) is 16.7 Å². The molecular formula is C15H16O4S. The van der Waals surface area contributed by atoms with Gasteiger partial charge in [0.25, 0.3) is 0 Å². The number of benzene rings is 2. The van der Waals surface area contributed by atoms with E-state index < -0.39 is 9.84 Å². The summed E-state index contributed by atoms with van der Waals surface area (Å²) in [6.45, 7) is 4.98. The Labute approximate surface area is 118 Å². The fraction of sp³-hybridized carbons (Fsp3) is 0.200. The predicted molar refractivity (Wildman–Crippen MR) is 75.9 cm³/mol. The monoisotopic (exact) mass is 292 g/mol. The summed E-state index contributed by atoms with van der Waals surface area (Å²) in [7, 11) is -3.79. The first-order valence-corrected chi connectivity index (χ1v) is 7.57. The lowest BCUT2D eigenvalue weighted by atomic mass is 10.1. The van der Waals surface area contributed by atoms with Crippen LogP contribution in [-0.2, 0) is 9.84 Å². The minimum atomic E-state index is -3.79. The molecule has 0 amide bonds. The molecule has 0 saturated carbocycles. The van der Waals surface area contributed by atoms with Gasteiger partial charge in [0.1, 0.15) is 11.5 Å². The Bertz CT molecular complexity index is 777. The van der Waals surface area contributed by atoms with Gasteiger partial charge in [-0.05, 0) is 56.2 Å². The first-order chi connectivity index (χ1) is 9.25. The molecule has 5 heteroatoms. The van der Waals surface area contributed by atoms with Crippen molar-refractivity contribution in [1.82, 2.24) is 0 Å². The predicted octanol–water partition coefficient (Wildman–Crippen LogP) is 2.86. The van der Waals surface area contributed by atoms with E-state index in [-0.39, 0.29) is 21.3 Å². The lowest BCUT2D eigenvalue weighted by molar-refractivity contribution is 0.468. The van der Waals surface area contributed by atoms with Crippen molar-refractivity contribution in [3.63, 3.8) is 0 Å². The second kappa shape index (κ2) is 4.83. The SMILES string of the molecule is Cc1cc(O)cc(S(=O)(=O)c2cccc(O)c2C)c1C. The van der Waals surface area contributed by atoms with E-state index in [2.05, 4.69) is 0 Å². The van der Waals surface area contributed by atoms with Gasteiger partial charge in [0, 0.05) is 5.56 Å². The van der Waals surface area contributed by atoms with Crippen LogP contribution in [0.25, 0.3) is 0 Å². The zero-order valence-electron chi connectivity index (χ0n) is 11.5. The van der Waals surface area contributed by atoms with Crippen LogP contribution in [0, 0.1) is 20.8 Å². The van der Waals surface area contributed by atoms with Crippen LogP contribution in [0.5, 0.6) is 11.5 Å². The lowest BCUT2D eigenvalue weighted by Crippen LogP contribution is -2.07. The average molecular weight is 292 g/mol. The van der Waals surface area contributed by atoms with E-state index in [9.17, 15) is 18.6 Å². The van der Waals surface area contributed by atoms with Crippen LogP contribution in [0.3, 0.4) is 0 Å². The fourth-order valence-electron chi connectivity index (χ4n) is 2.10. The Kier molecular flexibility index (Phi) is 3.48. The number of sulfone groups is 1. The maximum atomic E-state index is 12.7. The summed E-state index contributed by atoms with van der Waals surface area (Å²) in [6.07, 6.45) is 0. The molecular weight excluding hydrogens is 276 g/mol. The molecule has 0 aliphatic carbocycles. The van der Waals surface area contributed by atoms with Gasteiger partial charge in [-0.1, -0.05) is 6.07 Å². The zero-order valence-corrected chi connectivity index (χ0v) is 12.3. The number of aromatic hydroxyl groups is 2. The number of hydrogen-bond acceptors (Lipinski definition) is 4. The highest BCUT2D eigenvalue weighted by Crippen LogP contribution is 2.33. The Balaban J connectivity index is 2.77. The van der Waals surface area contributed by atoms with E-state index in [1.165, 1.54) is 30.3 Å². The Morgan fingerprint density at radius 3 is 2.20 bits per heavy atom. The molecule has 4 nitrogen and oxygen atoms in total. The summed E-state index contributed by atoms with van der Waals surface area (Å²) < 4.78 is 25.4. The van der Waals surface area contributed by atoms with Gasteiger partial charge < -0.3 is 10.2 Å². The molecule has 0 fully saturated rings. The highest BCUT2D eigenvalue weighted by atomic mass is 32.2. The Hall–Kier alpha value is -2.01. The molecule has 0 heterocycles. The Morgan fingerprint density at radius 1 is 0.900 bits per heavy atom. The quantitative estimate of drug-likeness (QED) is 0.892. The minimum absolute atomic E-state index is 0.0469. The lowest BCUT2D eigenvalue weighted by Gasteiger charge is -2.13. The molecule has 20 heavy (non-hydrogen) atoms. The third kappa shape index (κ3) is 2.25. The van der Waals surface area contributed by atoms with Crippen LogP contribution in [0.2, 0.25) is 0 Å². The maximum absolute atomic E-state index is 12.7. The van der Waals surface area contributed by atoms with Crippen molar-refractivity contribution in [2.45, 2.75) is 30.6 Å². The number of rotatable bonds is 2. The molecule has 0 unspecified atom stereocenters. The number of phenolic OH excluding ortho intramolecular Hbond substituents is 2. The zero-order chi connectivity index (χ0) is 15.1. The molecule has 0 atom stereocenters. The van der Waals surface area contributed by atoms with Gasteiger partial charge in [-0.15, -0.1) is 0 Å². The molecule has 2 aromatic carbocycles. The fourth-order valence-corrected chi connectivity index (χ4v) is 3.94. The first-order valence-electron chi connectivity index (χ1n) is 6.09. The molecule has 0 bridgehead atoms. The highest BCUT2D eigenvalue weighted by molar-refractivity contribution is 7.91. The summed E-state index contributed by atoms with van der Waals surface area (Å²) in [5.41, 5.74) is 1.58. The largest absolute Gasteiger partial charge is 0.508 e. The maximum Gasteiger partial charge on any atom is 0.207 e. The summed E-state index contributed by atoms with van der Waals surface area (Å²) in [5.74, 6) is -0.162.